The van der Waals surface area contributed by atoms with Gasteiger partial charge in [0.1, 0.15) is 22.6 Å². The molecule has 214 valence electrons. The van der Waals surface area contributed by atoms with Crippen LogP contribution in [0.5, 0.6) is 0 Å². The summed E-state index contributed by atoms with van der Waals surface area (Å²) in [5, 5.41) is 3.09. The van der Waals surface area contributed by atoms with Gasteiger partial charge >= 0.3 is 22.4 Å². The number of nitrogen functional groups attached to an aromatic ring is 3. The molecule has 7 aromatic rings. The zero-order valence-corrected chi connectivity index (χ0v) is 24.2. The van der Waals surface area contributed by atoms with Gasteiger partial charge < -0.3 is 27.2 Å². The number of hydrogen-bond acceptors (Lipinski definition) is 9. The predicted molar refractivity (Wildman–Crippen MR) is 169 cm³/mol. The molecule has 2 aliphatic rings. The zero-order valence-electron chi connectivity index (χ0n) is 22.7. The van der Waals surface area contributed by atoms with Crippen LogP contribution in [0.15, 0.2) is 78.9 Å². The van der Waals surface area contributed by atoms with Crippen molar-refractivity contribution in [1.29, 1.82) is 0 Å². The van der Waals surface area contributed by atoms with E-state index in [0.717, 1.165) is 33.0 Å². The minimum absolute atomic E-state index is 0. The van der Waals surface area contributed by atoms with Crippen LogP contribution in [0.2, 0.25) is 0 Å². The normalized spacial score (nSPS) is 11.7. The van der Waals surface area contributed by atoms with Crippen LogP contribution in [0.1, 0.15) is 0 Å². The minimum Gasteiger partial charge on any atom is -0.397 e. The summed E-state index contributed by atoms with van der Waals surface area (Å²) in [4.78, 5) is 36.5. The van der Waals surface area contributed by atoms with Crippen molar-refractivity contribution in [3.63, 3.8) is 0 Å². The molecule has 8 bridgehead atoms. The van der Waals surface area contributed by atoms with Crippen LogP contribution in [0.4, 0.5) is 17.1 Å². The van der Waals surface area contributed by atoms with Gasteiger partial charge in [0.2, 0.25) is 0 Å². The Labute approximate surface area is 264 Å². The fraction of sp³-hybridized carbons (Fsp3) is 0. The van der Waals surface area contributed by atoms with E-state index in [-0.39, 0.29) is 28.1 Å². The Morgan fingerprint density at radius 3 is 1.30 bits per heavy atom. The SMILES string of the molecule is Nc1cc2c3nc4nc(nc5[nH]c(nc6nc(nc([nH]3)c2c(N)c1N)-c1ccccc1-6)c1ccccc51)-c1ccccc1-4.[Ag+]. The van der Waals surface area contributed by atoms with Gasteiger partial charge in [-0.2, -0.15) is 0 Å². The number of aromatic nitrogens is 8. The van der Waals surface area contributed by atoms with Gasteiger partial charge in [0, 0.05) is 38.4 Å². The van der Waals surface area contributed by atoms with E-state index in [4.69, 9.17) is 47.1 Å². The van der Waals surface area contributed by atoms with E-state index < -0.39 is 0 Å². The predicted octanol–water partition coefficient (Wildman–Crippen LogP) is 5.61. The Balaban J connectivity index is 0.00000289. The summed E-state index contributed by atoms with van der Waals surface area (Å²) in [6, 6.07) is 25.4. The van der Waals surface area contributed by atoms with Crippen LogP contribution < -0.4 is 17.2 Å². The van der Waals surface area contributed by atoms with Gasteiger partial charge in [0.25, 0.3) is 0 Å². The second kappa shape index (κ2) is 9.44. The molecule has 0 saturated heterocycles. The molecule has 0 fully saturated rings. The fourth-order valence-electron chi connectivity index (χ4n) is 5.87. The molecule has 0 atom stereocenters. The van der Waals surface area contributed by atoms with Crippen LogP contribution >= 0.6 is 0 Å². The third-order valence-corrected chi connectivity index (χ3v) is 7.95. The molecule has 0 aliphatic carbocycles. The van der Waals surface area contributed by atoms with Gasteiger partial charge in [0.15, 0.2) is 23.3 Å². The summed E-state index contributed by atoms with van der Waals surface area (Å²) >= 11 is 0. The van der Waals surface area contributed by atoms with Gasteiger partial charge in [-0.1, -0.05) is 72.8 Å². The van der Waals surface area contributed by atoms with Crippen LogP contribution in [0, 0.1) is 0 Å². The number of hydrogen-bond donors (Lipinski definition) is 5. The molecule has 8 N–H and O–H groups in total. The molecule has 0 unspecified atom stereocenters. The van der Waals surface area contributed by atoms with Crippen molar-refractivity contribution >= 4 is 61.2 Å². The third-order valence-electron chi connectivity index (χ3n) is 7.95. The fourth-order valence-corrected chi connectivity index (χ4v) is 5.87. The van der Waals surface area contributed by atoms with Gasteiger partial charge in [-0.05, 0) is 6.07 Å². The molecule has 0 amide bonds. The van der Waals surface area contributed by atoms with Crippen LogP contribution in [0.25, 0.3) is 89.7 Å². The molecule has 2 aliphatic heterocycles. The van der Waals surface area contributed by atoms with Crippen molar-refractivity contribution in [2.24, 2.45) is 0 Å². The average molecular weight is 667 g/mol. The van der Waals surface area contributed by atoms with Crippen molar-refractivity contribution in [1.82, 2.24) is 39.9 Å². The van der Waals surface area contributed by atoms with E-state index in [0.29, 0.717) is 68.0 Å². The van der Waals surface area contributed by atoms with Crippen LogP contribution in [0.3, 0.4) is 0 Å². The number of rotatable bonds is 0. The monoisotopic (exact) mass is 666 g/mol. The maximum atomic E-state index is 6.55. The minimum atomic E-state index is 0. The molecule has 9 rings (SSSR count). The summed E-state index contributed by atoms with van der Waals surface area (Å²) in [7, 11) is 0. The van der Waals surface area contributed by atoms with E-state index in [1.165, 1.54) is 0 Å². The van der Waals surface area contributed by atoms with E-state index >= 15 is 0 Å². The number of nitrogens with one attached hydrogen (secondary N) is 2. The molecule has 0 radical (unpaired) electrons. The van der Waals surface area contributed by atoms with Gasteiger partial charge in [-0.15, -0.1) is 0 Å². The topological polar surface area (TPSA) is 187 Å². The van der Waals surface area contributed by atoms with Gasteiger partial charge in [0.05, 0.1) is 22.4 Å². The zero-order chi connectivity index (χ0) is 28.8. The molecular weight excluding hydrogens is 646 g/mol. The van der Waals surface area contributed by atoms with E-state index in [1.807, 2.05) is 72.8 Å². The molecule has 12 heteroatoms. The second-order valence-corrected chi connectivity index (χ2v) is 10.5. The first kappa shape index (κ1) is 26.0. The Morgan fingerprint density at radius 2 is 0.818 bits per heavy atom. The summed E-state index contributed by atoms with van der Waals surface area (Å²) in [6.45, 7) is 0. The summed E-state index contributed by atoms with van der Waals surface area (Å²) in [6.07, 6.45) is 0. The first-order valence-electron chi connectivity index (χ1n) is 13.6. The van der Waals surface area contributed by atoms with Crippen molar-refractivity contribution < 1.29 is 22.4 Å². The number of nitrogens with zero attached hydrogens (tertiary/aromatic N) is 6. The number of fused-ring (bicyclic) bond motifs is 20. The molecule has 0 spiro atoms. The van der Waals surface area contributed by atoms with Gasteiger partial charge in [-0.3, -0.25) is 0 Å². The van der Waals surface area contributed by atoms with E-state index in [1.54, 1.807) is 6.07 Å². The average Bonchev–Trinajstić information content (AvgIpc) is 3.75. The number of anilines is 3. The molecular formula is C32H21AgN11+. The molecule has 0 saturated carbocycles. The van der Waals surface area contributed by atoms with Crippen molar-refractivity contribution in [3.05, 3.63) is 78.9 Å². The number of benzene rings is 4. The van der Waals surface area contributed by atoms with E-state index in [2.05, 4.69) is 9.97 Å². The van der Waals surface area contributed by atoms with Crippen molar-refractivity contribution in [2.45, 2.75) is 0 Å². The van der Waals surface area contributed by atoms with E-state index in [9.17, 15) is 0 Å². The summed E-state index contributed by atoms with van der Waals surface area (Å²) in [5.74, 6) is 2.02. The maximum Gasteiger partial charge on any atom is 1.00 e. The van der Waals surface area contributed by atoms with Crippen molar-refractivity contribution in [3.8, 4) is 45.6 Å². The van der Waals surface area contributed by atoms with Crippen LogP contribution in [-0.4, -0.2) is 39.9 Å². The smallest absolute Gasteiger partial charge is 0.397 e. The Morgan fingerprint density at radius 1 is 0.432 bits per heavy atom. The maximum absolute atomic E-state index is 6.55. The summed E-state index contributed by atoms with van der Waals surface area (Å²) in [5.41, 5.74) is 25.6. The largest absolute Gasteiger partial charge is 1.00 e. The quantitative estimate of drug-likeness (QED) is 0.101. The Bertz CT molecular complexity index is 2520. The van der Waals surface area contributed by atoms with Crippen molar-refractivity contribution in [2.75, 3.05) is 17.2 Å². The Kier molecular flexibility index (Phi) is 5.59. The molecule has 4 aromatic carbocycles. The molecule has 3 aromatic heterocycles. The number of aromatic amines is 2. The second-order valence-electron chi connectivity index (χ2n) is 10.5. The first-order chi connectivity index (χ1) is 21.0. The number of nitrogens with two attached hydrogens (primary N) is 3. The third kappa shape index (κ3) is 3.67. The number of H-pyrrole nitrogens is 2. The summed E-state index contributed by atoms with van der Waals surface area (Å²) < 4.78 is 0. The molecule has 44 heavy (non-hydrogen) atoms. The first-order valence-corrected chi connectivity index (χ1v) is 13.6. The standard InChI is InChI=1S/C32H21N11.Ag/c33-21-13-20-22(24(35)23(21)34)32-42-30-19-12-6-5-11-18(19)28(40-30)38-26-15-8-2-1-7-14(15)25(36-26)37-27-16-9-3-4-10-17(16)29(39-27)41-31(20)43-32;/h1-13H,33-35H2,(H2,36,37,38,39,40,41,42,43);/q;+1. The Hall–Kier alpha value is -5.62. The van der Waals surface area contributed by atoms with Crippen LogP contribution in [-0.2, 0) is 22.4 Å². The molecule has 5 heterocycles. The molecule has 11 nitrogen and oxygen atoms in total. The van der Waals surface area contributed by atoms with Gasteiger partial charge in [-0.25, -0.2) is 29.9 Å².